The van der Waals surface area contributed by atoms with Gasteiger partial charge in [-0.05, 0) is 38.5 Å². The van der Waals surface area contributed by atoms with E-state index >= 15 is 0 Å². The number of esters is 1. The zero-order valence-electron chi connectivity index (χ0n) is 16.6. The zero-order valence-corrected chi connectivity index (χ0v) is 16.6. The van der Waals surface area contributed by atoms with Crippen molar-refractivity contribution in [1.29, 1.82) is 0 Å². The summed E-state index contributed by atoms with van der Waals surface area (Å²) in [6.45, 7) is 5.48. The molecule has 0 aliphatic rings. The lowest BCUT2D eigenvalue weighted by Gasteiger charge is -2.19. The van der Waals surface area contributed by atoms with Crippen LogP contribution in [0.4, 0.5) is 0 Å². The van der Waals surface area contributed by atoms with E-state index in [4.69, 9.17) is 4.74 Å². The summed E-state index contributed by atoms with van der Waals surface area (Å²) in [5.74, 6) is -1.03. The average Bonchev–Trinajstić information content (AvgIpc) is 2.68. The summed E-state index contributed by atoms with van der Waals surface area (Å²) in [6, 6.07) is 12.0. The molecule has 7 heteroatoms. The van der Waals surface area contributed by atoms with E-state index in [0.717, 1.165) is 11.1 Å². The van der Waals surface area contributed by atoms with Crippen LogP contribution in [0.25, 0.3) is 5.65 Å². The number of nitrogens with one attached hydrogen (secondary N) is 1. The number of rotatable bonds is 6. The highest BCUT2D eigenvalue weighted by atomic mass is 16.5. The van der Waals surface area contributed by atoms with Crippen LogP contribution in [-0.2, 0) is 9.53 Å². The highest BCUT2D eigenvalue weighted by Crippen LogP contribution is 2.19. The van der Waals surface area contributed by atoms with E-state index in [-0.39, 0.29) is 18.1 Å². The highest BCUT2D eigenvalue weighted by molar-refractivity contribution is 5.94. The Morgan fingerprint density at radius 1 is 1.14 bits per heavy atom. The molecule has 3 aromatic rings. The Bertz CT molecular complexity index is 1090. The molecule has 0 radical (unpaired) electrons. The Morgan fingerprint density at radius 2 is 1.86 bits per heavy atom. The lowest BCUT2D eigenvalue weighted by molar-refractivity contribution is -0.147. The van der Waals surface area contributed by atoms with Gasteiger partial charge in [0.15, 0.2) is 0 Å². The van der Waals surface area contributed by atoms with Gasteiger partial charge < -0.3 is 10.1 Å². The van der Waals surface area contributed by atoms with Gasteiger partial charge in [-0.25, -0.2) is 4.98 Å². The number of pyridine rings is 1. The predicted molar refractivity (Wildman–Crippen MR) is 109 cm³/mol. The molecular weight excluding hydrogens is 370 g/mol. The molecule has 7 nitrogen and oxygen atoms in total. The van der Waals surface area contributed by atoms with Gasteiger partial charge in [0.05, 0.1) is 18.6 Å². The zero-order chi connectivity index (χ0) is 21.0. The van der Waals surface area contributed by atoms with Crippen LogP contribution in [0.15, 0.2) is 59.7 Å². The molecule has 29 heavy (non-hydrogen) atoms. The maximum Gasteiger partial charge on any atom is 0.308 e. The maximum absolute atomic E-state index is 12.8. The standard InChI is InChI=1S/C22H23N3O4/c1-14(2)29-20(26)12-18(16-9-7-15(3)8-10-16)24-21(27)17-13-23-19-6-4-5-11-25(19)22(17)28/h4-11,13-14,18H,12H2,1-3H3,(H,24,27)/t18-/m1/s1. The number of amides is 1. The van der Waals surface area contributed by atoms with Crippen LogP contribution >= 0.6 is 0 Å². The van der Waals surface area contributed by atoms with Crippen molar-refractivity contribution in [3.05, 3.63) is 81.9 Å². The van der Waals surface area contributed by atoms with E-state index in [2.05, 4.69) is 10.3 Å². The van der Waals surface area contributed by atoms with Crippen LogP contribution in [0.1, 0.15) is 47.8 Å². The molecule has 1 aromatic carbocycles. The third kappa shape index (κ3) is 4.87. The molecule has 0 bridgehead atoms. The van der Waals surface area contributed by atoms with E-state index in [9.17, 15) is 14.4 Å². The van der Waals surface area contributed by atoms with Crippen LogP contribution < -0.4 is 10.9 Å². The first kappa shape index (κ1) is 20.3. The first-order valence-corrected chi connectivity index (χ1v) is 9.38. The van der Waals surface area contributed by atoms with Crippen molar-refractivity contribution < 1.29 is 14.3 Å². The van der Waals surface area contributed by atoms with Gasteiger partial charge in [0.25, 0.3) is 11.5 Å². The molecule has 150 valence electrons. The van der Waals surface area contributed by atoms with Gasteiger partial charge >= 0.3 is 5.97 Å². The number of benzene rings is 1. The summed E-state index contributed by atoms with van der Waals surface area (Å²) in [4.78, 5) is 41.9. The molecule has 1 N–H and O–H groups in total. The second-order valence-electron chi connectivity index (χ2n) is 7.09. The van der Waals surface area contributed by atoms with Crippen LogP contribution in [0.2, 0.25) is 0 Å². The molecule has 2 heterocycles. The normalized spacial score (nSPS) is 12.0. The van der Waals surface area contributed by atoms with Gasteiger partial charge in [0.2, 0.25) is 0 Å². The molecule has 0 aliphatic heterocycles. The van der Waals surface area contributed by atoms with Crippen LogP contribution in [0.5, 0.6) is 0 Å². The minimum absolute atomic E-state index is 0.0463. The second-order valence-corrected chi connectivity index (χ2v) is 7.09. The molecule has 3 rings (SSSR count). The first-order valence-electron chi connectivity index (χ1n) is 9.38. The van der Waals surface area contributed by atoms with Crippen molar-refractivity contribution >= 4 is 17.5 Å². The highest BCUT2D eigenvalue weighted by Gasteiger charge is 2.22. The number of carbonyl (C=O) groups excluding carboxylic acids is 2. The number of fused-ring (bicyclic) bond motifs is 1. The minimum atomic E-state index is -0.634. The van der Waals surface area contributed by atoms with Crippen molar-refractivity contribution in [3.63, 3.8) is 0 Å². The molecule has 0 unspecified atom stereocenters. The number of hydrogen-bond donors (Lipinski definition) is 1. The van der Waals surface area contributed by atoms with Crippen molar-refractivity contribution in [1.82, 2.24) is 14.7 Å². The van der Waals surface area contributed by atoms with E-state index in [1.54, 1.807) is 38.2 Å². The smallest absolute Gasteiger partial charge is 0.308 e. The molecule has 0 aliphatic carbocycles. The van der Waals surface area contributed by atoms with E-state index in [1.165, 1.54) is 10.6 Å². The predicted octanol–water partition coefficient (Wildman–Crippen LogP) is 2.82. The number of carbonyl (C=O) groups is 2. The van der Waals surface area contributed by atoms with Crippen molar-refractivity contribution in [3.8, 4) is 0 Å². The Hall–Kier alpha value is -3.48. The van der Waals surface area contributed by atoms with Gasteiger partial charge in [-0.2, -0.15) is 0 Å². The molecule has 0 saturated heterocycles. The number of ether oxygens (including phenoxy) is 1. The fraction of sp³-hybridized carbons (Fsp3) is 0.273. The summed E-state index contributed by atoms with van der Waals surface area (Å²) in [7, 11) is 0. The SMILES string of the molecule is Cc1ccc([C@@H](CC(=O)OC(C)C)NC(=O)c2cnc3ccccn3c2=O)cc1. The summed E-state index contributed by atoms with van der Waals surface area (Å²) in [5, 5.41) is 2.79. The average molecular weight is 393 g/mol. The van der Waals surface area contributed by atoms with Gasteiger partial charge in [0, 0.05) is 12.4 Å². The Kier molecular flexibility index (Phi) is 6.07. The lowest BCUT2D eigenvalue weighted by Crippen LogP contribution is -2.35. The van der Waals surface area contributed by atoms with E-state index in [0.29, 0.717) is 5.65 Å². The number of aromatic nitrogens is 2. The Morgan fingerprint density at radius 3 is 2.55 bits per heavy atom. The van der Waals surface area contributed by atoms with Crippen molar-refractivity contribution in [2.45, 2.75) is 39.3 Å². The van der Waals surface area contributed by atoms with E-state index in [1.807, 2.05) is 31.2 Å². The largest absolute Gasteiger partial charge is 0.463 e. The van der Waals surface area contributed by atoms with Gasteiger partial charge in [-0.1, -0.05) is 35.9 Å². The third-order valence-electron chi connectivity index (χ3n) is 4.38. The maximum atomic E-state index is 12.8. The summed E-state index contributed by atoms with van der Waals surface area (Å²) < 4.78 is 6.53. The van der Waals surface area contributed by atoms with Crippen LogP contribution in [0.3, 0.4) is 0 Å². The fourth-order valence-electron chi connectivity index (χ4n) is 2.95. The monoisotopic (exact) mass is 393 g/mol. The second kappa shape index (κ2) is 8.68. The third-order valence-corrected chi connectivity index (χ3v) is 4.38. The number of nitrogens with zero attached hydrogens (tertiary/aromatic N) is 2. The number of aryl methyl sites for hydroxylation is 1. The lowest BCUT2D eigenvalue weighted by atomic mass is 10.0. The molecule has 1 atom stereocenters. The van der Waals surface area contributed by atoms with Gasteiger partial charge in [0.1, 0.15) is 11.2 Å². The topological polar surface area (TPSA) is 89.8 Å². The quantitative estimate of drug-likeness (QED) is 0.651. The Balaban J connectivity index is 1.89. The Labute approximate surface area is 168 Å². The van der Waals surface area contributed by atoms with Crippen molar-refractivity contribution in [2.24, 2.45) is 0 Å². The molecule has 0 spiro atoms. The molecule has 2 aromatic heterocycles. The number of hydrogen-bond acceptors (Lipinski definition) is 5. The summed E-state index contributed by atoms with van der Waals surface area (Å²) >= 11 is 0. The molecule has 0 saturated carbocycles. The van der Waals surface area contributed by atoms with Gasteiger partial charge in [-0.3, -0.25) is 18.8 Å². The summed E-state index contributed by atoms with van der Waals surface area (Å²) in [5.41, 5.74) is 1.69. The molecular formula is C22H23N3O4. The first-order chi connectivity index (χ1) is 13.8. The van der Waals surface area contributed by atoms with E-state index < -0.39 is 23.5 Å². The minimum Gasteiger partial charge on any atom is -0.463 e. The fourth-order valence-corrected chi connectivity index (χ4v) is 2.95. The van der Waals surface area contributed by atoms with Gasteiger partial charge in [-0.15, -0.1) is 0 Å². The van der Waals surface area contributed by atoms with Crippen LogP contribution in [-0.4, -0.2) is 27.4 Å². The van der Waals surface area contributed by atoms with Crippen LogP contribution in [0, 0.1) is 6.92 Å². The molecule has 1 amide bonds. The summed E-state index contributed by atoms with van der Waals surface area (Å²) in [6.07, 6.45) is 2.51. The van der Waals surface area contributed by atoms with Crippen molar-refractivity contribution in [2.75, 3.05) is 0 Å². The molecule has 0 fully saturated rings.